The normalized spacial score (nSPS) is 13.3. The highest BCUT2D eigenvalue weighted by Crippen LogP contribution is 2.52. The molecule has 0 saturated carbocycles. The van der Waals surface area contributed by atoms with Crippen molar-refractivity contribution in [1.29, 1.82) is 0 Å². The molecule has 2 heterocycles. The zero-order valence-corrected chi connectivity index (χ0v) is 24.7. The summed E-state index contributed by atoms with van der Waals surface area (Å²) in [5.41, 5.74) is 7.04. The van der Waals surface area contributed by atoms with Crippen LogP contribution >= 0.6 is 11.8 Å². The molecular weight excluding hydrogens is 478 g/mol. The van der Waals surface area contributed by atoms with E-state index < -0.39 is 0 Å². The second-order valence-electron chi connectivity index (χ2n) is 13.3. The van der Waals surface area contributed by atoms with Gasteiger partial charge in [-0.05, 0) is 98.3 Å². The number of benzene rings is 4. The molecule has 1 aliphatic heterocycles. The first-order valence-corrected chi connectivity index (χ1v) is 15.0. The Kier molecular flexibility index (Phi) is 6.30. The molecule has 0 radical (unpaired) electrons. The lowest BCUT2D eigenvalue weighted by Gasteiger charge is -2.25. The first-order valence-electron chi connectivity index (χ1n) is 14.2. The van der Waals surface area contributed by atoms with E-state index in [1.54, 1.807) is 0 Å². The van der Waals surface area contributed by atoms with Crippen molar-refractivity contribution in [3.05, 3.63) is 77.5 Å². The minimum Gasteiger partial charge on any atom is -0.256 e. The smallest absolute Gasteiger partial charge is 0.0803 e. The Morgan fingerprint density at radius 3 is 2.24 bits per heavy atom. The van der Waals surface area contributed by atoms with Gasteiger partial charge in [-0.15, -0.1) is 0 Å². The Bertz CT molecular complexity index is 1700. The summed E-state index contributed by atoms with van der Waals surface area (Å²) in [6, 6.07) is 21.3. The van der Waals surface area contributed by atoms with E-state index >= 15 is 0 Å². The Balaban J connectivity index is 1.62. The molecule has 0 N–H and O–H groups in total. The van der Waals surface area contributed by atoms with Crippen LogP contribution in [0.4, 0.5) is 0 Å². The average molecular weight is 518 g/mol. The van der Waals surface area contributed by atoms with E-state index in [0.717, 1.165) is 25.0 Å². The zero-order valence-electron chi connectivity index (χ0n) is 23.9. The van der Waals surface area contributed by atoms with Crippen LogP contribution in [0.15, 0.2) is 70.6 Å². The lowest BCUT2D eigenvalue weighted by Crippen LogP contribution is -2.09. The fourth-order valence-electron chi connectivity index (χ4n) is 6.24. The molecule has 0 atom stereocenters. The fraction of sp³-hybridized carbons (Fsp3) is 0.361. The van der Waals surface area contributed by atoms with Gasteiger partial charge in [-0.2, -0.15) is 0 Å². The molecule has 1 aromatic heterocycles. The van der Waals surface area contributed by atoms with Gasteiger partial charge in [0.2, 0.25) is 0 Å². The van der Waals surface area contributed by atoms with E-state index in [2.05, 4.69) is 103 Å². The highest BCUT2D eigenvalue weighted by Gasteiger charge is 2.26. The second-order valence-corrected chi connectivity index (χ2v) is 14.4. The minimum absolute atomic E-state index is 0.263. The fourth-order valence-corrected chi connectivity index (χ4v) is 7.54. The van der Waals surface area contributed by atoms with Gasteiger partial charge < -0.3 is 0 Å². The minimum atomic E-state index is 0.263. The quantitative estimate of drug-likeness (QED) is 0.211. The Labute approximate surface area is 232 Å². The number of hydrogen-bond donors (Lipinski definition) is 0. The lowest BCUT2D eigenvalue weighted by atomic mass is 9.86. The largest absolute Gasteiger partial charge is 0.256 e. The van der Waals surface area contributed by atoms with Gasteiger partial charge in [0, 0.05) is 26.9 Å². The first-order chi connectivity index (χ1) is 18.1. The molecule has 0 spiro atoms. The Hall–Kier alpha value is -2.84. The van der Waals surface area contributed by atoms with Gasteiger partial charge >= 0.3 is 0 Å². The topological polar surface area (TPSA) is 12.9 Å². The van der Waals surface area contributed by atoms with Crippen molar-refractivity contribution < 1.29 is 0 Å². The van der Waals surface area contributed by atoms with Crippen molar-refractivity contribution >= 4 is 44.1 Å². The van der Waals surface area contributed by atoms with Gasteiger partial charge in [0.15, 0.2) is 0 Å². The molecule has 194 valence electrons. The van der Waals surface area contributed by atoms with Crippen LogP contribution in [0.25, 0.3) is 43.6 Å². The van der Waals surface area contributed by atoms with Gasteiger partial charge in [-0.25, -0.2) is 0 Å². The maximum Gasteiger partial charge on any atom is 0.0803 e. The molecule has 38 heavy (non-hydrogen) atoms. The predicted molar refractivity (Wildman–Crippen MR) is 167 cm³/mol. The van der Waals surface area contributed by atoms with E-state index in [1.807, 2.05) is 18.0 Å². The highest BCUT2D eigenvalue weighted by atomic mass is 32.2. The third-order valence-electron chi connectivity index (χ3n) is 7.61. The molecule has 0 unspecified atom stereocenters. The lowest BCUT2D eigenvalue weighted by molar-refractivity contribution is 0.411. The maximum atomic E-state index is 5.05. The average Bonchev–Trinajstić information content (AvgIpc) is 2.83. The van der Waals surface area contributed by atoms with E-state index in [4.69, 9.17) is 4.98 Å². The number of nitrogens with zero attached hydrogens (tertiary/aromatic N) is 1. The van der Waals surface area contributed by atoms with Crippen molar-refractivity contribution in [2.75, 3.05) is 0 Å². The van der Waals surface area contributed by atoms with Crippen LogP contribution in [-0.2, 0) is 19.3 Å². The maximum absolute atomic E-state index is 5.05. The van der Waals surface area contributed by atoms with Crippen LogP contribution in [0.5, 0.6) is 0 Å². The molecule has 0 aliphatic carbocycles. The first kappa shape index (κ1) is 25.4. The van der Waals surface area contributed by atoms with Gasteiger partial charge in [0.05, 0.1) is 5.69 Å². The highest BCUT2D eigenvalue weighted by molar-refractivity contribution is 8.00. The van der Waals surface area contributed by atoms with E-state index in [9.17, 15) is 0 Å². The molecule has 4 aromatic carbocycles. The standard InChI is InChI=1S/C36H39NS/c1-21(2)14-23-9-11-27-26(16-23)18-31-34-33-28(12-13-37-34)29-17-24(20-36(5,6)7)8-10-25(29)19-32(33)38-35(31)30(27)15-22(3)4/h8-13,16-19,21-22H,14-15,20H2,1-7H3. The van der Waals surface area contributed by atoms with Gasteiger partial charge in [0.25, 0.3) is 0 Å². The zero-order chi connectivity index (χ0) is 26.8. The van der Waals surface area contributed by atoms with Gasteiger partial charge in [-0.3, -0.25) is 4.98 Å². The Morgan fingerprint density at radius 2 is 1.50 bits per heavy atom. The summed E-state index contributed by atoms with van der Waals surface area (Å²) in [6.45, 7) is 16.2. The molecule has 5 aromatic rings. The van der Waals surface area contributed by atoms with E-state index in [0.29, 0.717) is 11.8 Å². The third-order valence-corrected chi connectivity index (χ3v) is 8.82. The van der Waals surface area contributed by atoms with E-state index in [1.165, 1.54) is 64.4 Å². The molecule has 0 saturated heterocycles. The van der Waals surface area contributed by atoms with Crippen molar-refractivity contribution in [1.82, 2.24) is 4.98 Å². The summed E-state index contributed by atoms with van der Waals surface area (Å²) in [7, 11) is 0. The Morgan fingerprint density at radius 1 is 0.737 bits per heavy atom. The third kappa shape index (κ3) is 4.62. The van der Waals surface area contributed by atoms with Crippen LogP contribution < -0.4 is 0 Å². The van der Waals surface area contributed by atoms with Crippen molar-refractivity contribution in [3.8, 4) is 11.3 Å². The predicted octanol–water partition coefficient (Wildman–Crippen LogP) is 10.7. The molecule has 0 amide bonds. The summed E-state index contributed by atoms with van der Waals surface area (Å²) in [6.07, 6.45) is 5.29. The SMILES string of the molecule is CC(C)Cc1ccc2c(CC(C)C)c3c(cc2c1)-c1nccc2c1c(cc1ccc(CC(C)(C)C)cc12)S3. The van der Waals surface area contributed by atoms with Crippen molar-refractivity contribution in [3.63, 3.8) is 0 Å². The van der Waals surface area contributed by atoms with Crippen molar-refractivity contribution in [2.45, 2.75) is 77.5 Å². The molecule has 1 nitrogen and oxygen atoms in total. The van der Waals surface area contributed by atoms with Crippen molar-refractivity contribution in [2.24, 2.45) is 17.3 Å². The molecular formula is C36H39NS. The monoisotopic (exact) mass is 517 g/mol. The molecule has 2 heteroatoms. The summed E-state index contributed by atoms with van der Waals surface area (Å²) in [4.78, 5) is 7.79. The van der Waals surface area contributed by atoms with Crippen LogP contribution in [-0.4, -0.2) is 4.98 Å². The van der Waals surface area contributed by atoms with Crippen LogP contribution in [0.2, 0.25) is 0 Å². The summed E-state index contributed by atoms with van der Waals surface area (Å²) in [5, 5.41) is 8.08. The molecule has 0 fully saturated rings. The van der Waals surface area contributed by atoms with Crippen LogP contribution in [0.1, 0.15) is 65.2 Å². The van der Waals surface area contributed by atoms with Gasteiger partial charge in [0.1, 0.15) is 0 Å². The molecule has 0 bridgehead atoms. The molecule has 1 aliphatic rings. The number of rotatable bonds is 5. The summed E-state index contributed by atoms with van der Waals surface area (Å²) >= 11 is 1.96. The number of aromatic nitrogens is 1. The van der Waals surface area contributed by atoms with E-state index in [-0.39, 0.29) is 5.41 Å². The second kappa shape index (κ2) is 9.42. The number of hydrogen-bond acceptors (Lipinski definition) is 2. The molecule has 6 rings (SSSR count). The number of pyridine rings is 1. The van der Waals surface area contributed by atoms with Crippen LogP contribution in [0.3, 0.4) is 0 Å². The van der Waals surface area contributed by atoms with Crippen LogP contribution in [0, 0.1) is 17.3 Å². The number of fused-ring (bicyclic) bond motifs is 5. The summed E-state index contributed by atoms with van der Waals surface area (Å²) < 4.78 is 0. The van der Waals surface area contributed by atoms with Gasteiger partial charge in [-0.1, -0.05) is 96.6 Å². The summed E-state index contributed by atoms with van der Waals surface area (Å²) in [5.74, 6) is 1.23.